The van der Waals surface area contributed by atoms with Crippen LogP contribution in [0.15, 0.2) is 88.5 Å². The first-order valence-corrected chi connectivity index (χ1v) is 11.9. The van der Waals surface area contributed by atoms with Crippen molar-refractivity contribution in [3.05, 3.63) is 105 Å². The number of benzene rings is 4. The number of aromatic nitrogens is 1. The van der Waals surface area contributed by atoms with Crippen molar-refractivity contribution >= 4 is 59.0 Å². The predicted octanol–water partition coefficient (Wildman–Crippen LogP) is 5.57. The highest BCUT2D eigenvalue weighted by atomic mass is 32.1. The van der Waals surface area contributed by atoms with Crippen LogP contribution in [0.4, 0.5) is 0 Å². The van der Waals surface area contributed by atoms with Crippen LogP contribution in [0.3, 0.4) is 0 Å². The molecule has 6 rings (SSSR count). The van der Waals surface area contributed by atoms with Gasteiger partial charge in [0.05, 0.1) is 12.2 Å². The summed E-state index contributed by atoms with van der Waals surface area (Å²) in [5.74, 6) is -0.417. The largest absolute Gasteiger partial charge is 0.462 e. The molecule has 34 heavy (non-hydrogen) atoms. The van der Waals surface area contributed by atoms with Crippen LogP contribution >= 0.6 is 11.3 Å². The molecule has 2 aromatic heterocycles. The summed E-state index contributed by atoms with van der Waals surface area (Å²) in [6.07, 6.45) is 0.369. The minimum Gasteiger partial charge on any atom is -0.462 e. The van der Waals surface area contributed by atoms with E-state index in [0.717, 1.165) is 30.9 Å². The molecule has 0 atom stereocenters. The van der Waals surface area contributed by atoms with Crippen molar-refractivity contribution < 1.29 is 9.53 Å². The number of hydrogen-bond donors (Lipinski definition) is 0. The van der Waals surface area contributed by atoms with E-state index in [1.165, 1.54) is 4.57 Å². The van der Waals surface area contributed by atoms with Gasteiger partial charge in [0.2, 0.25) is 0 Å². The van der Waals surface area contributed by atoms with Gasteiger partial charge in [-0.2, -0.15) is 0 Å². The minimum absolute atomic E-state index is 0.123. The Bertz CT molecular complexity index is 1790. The Morgan fingerprint density at radius 2 is 1.38 bits per heavy atom. The predicted molar refractivity (Wildman–Crippen MR) is 137 cm³/mol. The maximum atomic E-state index is 13.3. The number of esters is 1. The fourth-order valence-electron chi connectivity index (χ4n) is 4.66. The van der Waals surface area contributed by atoms with Crippen molar-refractivity contribution in [1.29, 1.82) is 0 Å². The Hall–Kier alpha value is -4.03. The monoisotopic (exact) mass is 465 g/mol. The highest BCUT2D eigenvalue weighted by Gasteiger charge is 2.18. The molecule has 0 fully saturated rings. The maximum absolute atomic E-state index is 13.3. The van der Waals surface area contributed by atoms with Crippen LogP contribution in [0.1, 0.15) is 16.8 Å². The third-order valence-corrected chi connectivity index (χ3v) is 7.38. The van der Waals surface area contributed by atoms with Crippen LogP contribution in [0.5, 0.6) is 0 Å². The van der Waals surface area contributed by atoms with Crippen LogP contribution < -0.4 is 11.1 Å². The molecular weight excluding hydrogens is 446 g/mol. The number of ether oxygens (including phenoxy) is 1. The quantitative estimate of drug-likeness (QED) is 0.145. The van der Waals surface area contributed by atoms with Gasteiger partial charge >= 0.3 is 5.97 Å². The van der Waals surface area contributed by atoms with Crippen molar-refractivity contribution in [1.82, 2.24) is 4.57 Å². The van der Waals surface area contributed by atoms with Gasteiger partial charge in [0.15, 0.2) is 0 Å². The number of hydrogen-bond acceptors (Lipinski definition) is 5. The van der Waals surface area contributed by atoms with Crippen molar-refractivity contribution in [2.24, 2.45) is 0 Å². The van der Waals surface area contributed by atoms with E-state index in [-0.39, 0.29) is 24.3 Å². The average molecular weight is 466 g/mol. The molecule has 0 unspecified atom stereocenters. The zero-order valence-electron chi connectivity index (χ0n) is 18.1. The summed E-state index contributed by atoms with van der Waals surface area (Å²) < 4.78 is 8.79. The lowest BCUT2D eigenvalue weighted by atomic mass is 9.98. The number of carbonyl (C=O) groups excluding carboxylic acids is 1. The molecule has 0 saturated carbocycles. The molecule has 0 spiro atoms. The molecular formula is C28H19NO4S. The molecule has 166 valence electrons. The number of carbonyl (C=O) groups is 1. The van der Waals surface area contributed by atoms with Gasteiger partial charge in [-0.05, 0) is 53.6 Å². The van der Waals surface area contributed by atoms with E-state index in [2.05, 4.69) is 12.1 Å². The summed E-state index contributed by atoms with van der Waals surface area (Å²) in [6.45, 7) is 0.306. The van der Waals surface area contributed by atoms with Crippen LogP contribution in [0, 0.1) is 0 Å². The molecule has 0 amide bonds. The first kappa shape index (κ1) is 20.6. The summed E-state index contributed by atoms with van der Waals surface area (Å²) in [5.41, 5.74) is -0.139. The van der Waals surface area contributed by atoms with Gasteiger partial charge in [0, 0.05) is 37.5 Å². The SMILES string of the molecule is O=C(OCCCn1c(=O)c2ccc3sc4ccccc4c4ccc(c1=O)c2c34)c1ccccc1. The fourth-order valence-corrected chi connectivity index (χ4v) is 5.78. The molecule has 0 aliphatic rings. The highest BCUT2D eigenvalue weighted by Crippen LogP contribution is 2.39. The van der Waals surface area contributed by atoms with E-state index in [0.29, 0.717) is 22.8 Å². The Kier molecular flexibility index (Phi) is 4.89. The van der Waals surface area contributed by atoms with Crippen LogP contribution in [-0.4, -0.2) is 17.1 Å². The third-order valence-electron chi connectivity index (χ3n) is 6.24. The van der Waals surface area contributed by atoms with Gasteiger partial charge in [-0.15, -0.1) is 11.3 Å². The maximum Gasteiger partial charge on any atom is 0.338 e. The Morgan fingerprint density at radius 1 is 0.706 bits per heavy atom. The molecule has 6 aromatic rings. The molecule has 0 N–H and O–H groups in total. The van der Waals surface area contributed by atoms with Crippen molar-refractivity contribution in [3.8, 4) is 0 Å². The second kappa shape index (κ2) is 8.08. The Morgan fingerprint density at radius 3 is 2.18 bits per heavy atom. The lowest BCUT2D eigenvalue weighted by molar-refractivity contribution is 0.0495. The van der Waals surface area contributed by atoms with E-state index in [4.69, 9.17) is 4.74 Å². The van der Waals surface area contributed by atoms with Crippen molar-refractivity contribution in [2.75, 3.05) is 6.61 Å². The molecule has 0 bridgehead atoms. The Balaban J connectivity index is 1.39. The molecule has 2 heterocycles. The molecule has 5 nitrogen and oxygen atoms in total. The summed E-state index contributed by atoms with van der Waals surface area (Å²) >= 11 is 1.66. The fraction of sp³-hybridized carbons (Fsp3) is 0.107. The molecule has 0 radical (unpaired) electrons. The van der Waals surface area contributed by atoms with E-state index in [1.807, 2.05) is 42.5 Å². The summed E-state index contributed by atoms with van der Waals surface area (Å²) in [7, 11) is 0. The van der Waals surface area contributed by atoms with Gasteiger partial charge in [0.25, 0.3) is 11.1 Å². The summed E-state index contributed by atoms with van der Waals surface area (Å²) in [6, 6.07) is 24.5. The number of fused-ring (bicyclic) bond motifs is 2. The van der Waals surface area contributed by atoms with Crippen molar-refractivity contribution in [2.45, 2.75) is 13.0 Å². The summed E-state index contributed by atoms with van der Waals surface area (Å²) in [4.78, 5) is 38.8. The summed E-state index contributed by atoms with van der Waals surface area (Å²) in [5, 5.41) is 4.95. The van der Waals surface area contributed by atoms with Crippen LogP contribution in [0.25, 0.3) is 41.7 Å². The zero-order valence-corrected chi connectivity index (χ0v) is 18.9. The average Bonchev–Trinajstić information content (AvgIpc) is 2.88. The first-order valence-electron chi connectivity index (χ1n) is 11.1. The number of rotatable bonds is 5. The standard InChI is InChI=1S/C28H19NO4S/c30-26-20-12-11-19-18-9-4-5-10-22(18)34-23-14-13-21(24(20)25(19)23)27(31)29(26)15-6-16-33-28(32)17-7-2-1-3-8-17/h1-5,7-14H,6,15-16H2. The van der Waals surface area contributed by atoms with Crippen LogP contribution in [0.2, 0.25) is 0 Å². The van der Waals surface area contributed by atoms with Gasteiger partial charge in [-0.25, -0.2) is 4.79 Å². The second-order valence-electron chi connectivity index (χ2n) is 8.24. The lowest BCUT2D eigenvalue weighted by Gasteiger charge is -2.14. The van der Waals surface area contributed by atoms with E-state index in [1.54, 1.807) is 35.6 Å². The third kappa shape index (κ3) is 3.18. The molecule has 6 heteroatoms. The van der Waals surface area contributed by atoms with Gasteiger partial charge < -0.3 is 4.74 Å². The van der Waals surface area contributed by atoms with Gasteiger partial charge in [0.1, 0.15) is 0 Å². The normalized spacial score (nSPS) is 11.6. The molecule has 4 aromatic carbocycles. The van der Waals surface area contributed by atoms with E-state index in [9.17, 15) is 14.4 Å². The van der Waals surface area contributed by atoms with Crippen LogP contribution in [-0.2, 0) is 11.3 Å². The number of nitrogens with zero attached hydrogens (tertiary/aromatic N) is 1. The molecule has 0 aliphatic carbocycles. The minimum atomic E-state index is -0.417. The number of pyridine rings is 1. The highest BCUT2D eigenvalue weighted by molar-refractivity contribution is 7.25. The zero-order chi connectivity index (χ0) is 23.2. The lowest BCUT2D eigenvalue weighted by Crippen LogP contribution is -2.33. The van der Waals surface area contributed by atoms with E-state index >= 15 is 0 Å². The van der Waals surface area contributed by atoms with Gasteiger partial charge in [-0.3, -0.25) is 14.2 Å². The Labute approximate surface area is 197 Å². The smallest absolute Gasteiger partial charge is 0.338 e. The first-order chi connectivity index (χ1) is 16.6. The van der Waals surface area contributed by atoms with Gasteiger partial charge in [-0.1, -0.05) is 42.5 Å². The molecule has 0 aliphatic heterocycles. The topological polar surface area (TPSA) is 65.4 Å². The van der Waals surface area contributed by atoms with Crippen molar-refractivity contribution in [3.63, 3.8) is 0 Å². The molecule has 0 saturated heterocycles. The van der Waals surface area contributed by atoms with E-state index < -0.39 is 5.97 Å². The second-order valence-corrected chi connectivity index (χ2v) is 9.32.